The summed E-state index contributed by atoms with van der Waals surface area (Å²) in [6, 6.07) is 6.46. The second-order valence-corrected chi connectivity index (χ2v) is 5.78. The van der Waals surface area contributed by atoms with Crippen LogP contribution in [0.15, 0.2) is 29.4 Å². The van der Waals surface area contributed by atoms with Gasteiger partial charge in [-0.25, -0.2) is 0 Å². The number of carbonyl (C=O) groups excluding carboxylic acids is 1. The Balaban J connectivity index is 1.76. The van der Waals surface area contributed by atoms with Crippen molar-refractivity contribution in [3.8, 4) is 0 Å². The highest BCUT2D eigenvalue weighted by Gasteiger charge is 2.49. The summed E-state index contributed by atoms with van der Waals surface area (Å²) < 4.78 is 1.87. The van der Waals surface area contributed by atoms with Crippen molar-refractivity contribution >= 4 is 5.91 Å². The number of hydrogen-bond acceptors (Lipinski definition) is 2. The average molecular weight is 245 g/mol. The van der Waals surface area contributed by atoms with Gasteiger partial charge in [0.1, 0.15) is 5.49 Å². The monoisotopic (exact) mass is 245 g/mol. The Kier molecular flexibility index (Phi) is 2.63. The van der Waals surface area contributed by atoms with Gasteiger partial charge < -0.3 is 4.57 Å². The first-order valence-corrected chi connectivity index (χ1v) is 6.53. The van der Waals surface area contributed by atoms with Crippen LogP contribution in [0.1, 0.15) is 19.8 Å². The van der Waals surface area contributed by atoms with Gasteiger partial charge in [-0.2, -0.15) is 4.99 Å². The van der Waals surface area contributed by atoms with Crippen molar-refractivity contribution in [2.24, 2.45) is 17.5 Å². The molecule has 2 aliphatic rings. The van der Waals surface area contributed by atoms with Gasteiger partial charge in [-0.05, 0) is 31.9 Å². The van der Waals surface area contributed by atoms with Crippen molar-refractivity contribution in [1.29, 1.82) is 0 Å². The van der Waals surface area contributed by atoms with E-state index >= 15 is 0 Å². The molecule has 0 aromatic carbocycles. The standard InChI is InChI=1S/C14H19N3O/c1-14(9-17(10-14)11-6-7-11)13(18)15-12-5-3-4-8-16(12)2/h3-5,8,11H,6-7,9-10H2,1-2H3. The van der Waals surface area contributed by atoms with E-state index in [2.05, 4.69) is 9.89 Å². The van der Waals surface area contributed by atoms with Crippen LogP contribution in [0.4, 0.5) is 0 Å². The van der Waals surface area contributed by atoms with E-state index in [4.69, 9.17) is 0 Å². The summed E-state index contributed by atoms with van der Waals surface area (Å²) in [5, 5.41) is 0. The molecule has 1 aromatic heterocycles. The number of aromatic nitrogens is 1. The maximum absolute atomic E-state index is 12.3. The minimum Gasteiger partial charge on any atom is -0.336 e. The van der Waals surface area contributed by atoms with Crippen LogP contribution in [0.3, 0.4) is 0 Å². The van der Waals surface area contributed by atoms with E-state index in [1.807, 2.05) is 42.9 Å². The van der Waals surface area contributed by atoms with E-state index in [1.165, 1.54) is 12.8 Å². The zero-order valence-corrected chi connectivity index (χ0v) is 11.0. The molecule has 1 aromatic rings. The van der Waals surface area contributed by atoms with Crippen LogP contribution < -0.4 is 5.49 Å². The lowest BCUT2D eigenvalue weighted by Crippen LogP contribution is -2.59. The van der Waals surface area contributed by atoms with Gasteiger partial charge in [-0.1, -0.05) is 6.07 Å². The van der Waals surface area contributed by atoms with Gasteiger partial charge in [-0.3, -0.25) is 9.69 Å². The molecule has 4 nitrogen and oxygen atoms in total. The number of nitrogens with zero attached hydrogens (tertiary/aromatic N) is 3. The molecule has 0 atom stereocenters. The predicted molar refractivity (Wildman–Crippen MR) is 68.7 cm³/mol. The van der Waals surface area contributed by atoms with Gasteiger partial charge in [0, 0.05) is 32.4 Å². The molecule has 1 aliphatic carbocycles. The fourth-order valence-corrected chi connectivity index (χ4v) is 2.55. The number of amides is 1. The fourth-order valence-electron chi connectivity index (χ4n) is 2.55. The summed E-state index contributed by atoms with van der Waals surface area (Å²) in [6.45, 7) is 3.77. The number of aryl methyl sites for hydroxylation is 1. The summed E-state index contributed by atoms with van der Waals surface area (Å²) in [5.74, 6) is 0.0150. The van der Waals surface area contributed by atoms with E-state index < -0.39 is 0 Å². The van der Waals surface area contributed by atoms with Crippen molar-refractivity contribution in [3.05, 3.63) is 29.9 Å². The maximum Gasteiger partial charge on any atom is 0.256 e. The maximum atomic E-state index is 12.3. The molecule has 0 spiro atoms. The quantitative estimate of drug-likeness (QED) is 0.777. The third kappa shape index (κ3) is 2.01. The van der Waals surface area contributed by atoms with Gasteiger partial charge in [0.05, 0.1) is 5.41 Å². The molecule has 3 rings (SSSR count). The van der Waals surface area contributed by atoms with Crippen LogP contribution in [0.5, 0.6) is 0 Å². The topological polar surface area (TPSA) is 37.6 Å². The molecular weight excluding hydrogens is 226 g/mol. The van der Waals surface area contributed by atoms with Gasteiger partial charge in [0.25, 0.3) is 5.91 Å². The number of pyridine rings is 1. The lowest BCUT2D eigenvalue weighted by atomic mass is 9.81. The van der Waals surface area contributed by atoms with Crippen LogP contribution in [0, 0.1) is 5.41 Å². The third-order valence-corrected chi connectivity index (χ3v) is 3.93. The molecular formula is C14H19N3O. The van der Waals surface area contributed by atoms with E-state index in [0.29, 0.717) is 0 Å². The molecule has 1 aliphatic heterocycles. The van der Waals surface area contributed by atoms with Crippen molar-refractivity contribution in [2.45, 2.75) is 25.8 Å². The minimum atomic E-state index is -0.272. The molecule has 18 heavy (non-hydrogen) atoms. The SMILES string of the molecule is Cn1ccccc1=NC(=O)C1(C)CN(C2CC2)C1. The Morgan fingerprint density at radius 3 is 2.72 bits per heavy atom. The Bertz CT molecular complexity index is 536. The smallest absolute Gasteiger partial charge is 0.256 e. The Hall–Kier alpha value is -1.42. The molecule has 1 amide bonds. The first-order valence-electron chi connectivity index (χ1n) is 6.53. The van der Waals surface area contributed by atoms with E-state index in [-0.39, 0.29) is 11.3 Å². The second kappa shape index (κ2) is 4.05. The van der Waals surface area contributed by atoms with Crippen molar-refractivity contribution < 1.29 is 4.79 Å². The molecule has 0 bridgehead atoms. The van der Waals surface area contributed by atoms with E-state index in [9.17, 15) is 4.79 Å². The zero-order chi connectivity index (χ0) is 12.8. The summed E-state index contributed by atoms with van der Waals surface area (Å²) >= 11 is 0. The predicted octanol–water partition coefficient (Wildman–Crippen LogP) is 0.937. The first-order chi connectivity index (χ1) is 8.58. The van der Waals surface area contributed by atoms with Crippen LogP contribution >= 0.6 is 0 Å². The Morgan fingerprint density at radius 2 is 2.11 bits per heavy atom. The van der Waals surface area contributed by atoms with E-state index in [1.54, 1.807) is 0 Å². The Labute approximate surface area is 107 Å². The average Bonchev–Trinajstić information content (AvgIpc) is 3.11. The summed E-state index contributed by atoms with van der Waals surface area (Å²) in [7, 11) is 1.91. The number of hydrogen-bond donors (Lipinski definition) is 0. The van der Waals surface area contributed by atoms with Gasteiger partial charge in [0.2, 0.25) is 0 Å². The van der Waals surface area contributed by atoms with Crippen LogP contribution in [-0.4, -0.2) is 34.5 Å². The molecule has 4 heteroatoms. The summed E-state index contributed by atoms with van der Waals surface area (Å²) in [5.41, 5.74) is 0.458. The fraction of sp³-hybridized carbons (Fsp3) is 0.571. The molecule has 0 N–H and O–H groups in total. The molecule has 2 fully saturated rings. The van der Waals surface area contributed by atoms with Gasteiger partial charge in [-0.15, -0.1) is 0 Å². The Morgan fingerprint density at radius 1 is 1.39 bits per heavy atom. The summed E-state index contributed by atoms with van der Waals surface area (Å²) in [4.78, 5) is 18.9. The molecule has 96 valence electrons. The summed E-state index contributed by atoms with van der Waals surface area (Å²) in [6.07, 6.45) is 4.51. The molecule has 0 unspecified atom stereocenters. The van der Waals surface area contributed by atoms with Crippen molar-refractivity contribution in [3.63, 3.8) is 0 Å². The highest BCUT2D eigenvalue weighted by Crippen LogP contribution is 2.39. The minimum absolute atomic E-state index is 0.0150. The van der Waals surface area contributed by atoms with Crippen LogP contribution in [0.2, 0.25) is 0 Å². The second-order valence-electron chi connectivity index (χ2n) is 5.78. The van der Waals surface area contributed by atoms with Gasteiger partial charge >= 0.3 is 0 Å². The van der Waals surface area contributed by atoms with E-state index in [0.717, 1.165) is 24.6 Å². The van der Waals surface area contributed by atoms with Crippen molar-refractivity contribution in [1.82, 2.24) is 9.47 Å². The highest BCUT2D eigenvalue weighted by atomic mass is 16.1. The number of carbonyl (C=O) groups is 1. The third-order valence-electron chi connectivity index (χ3n) is 3.93. The normalized spacial score (nSPS) is 23.8. The van der Waals surface area contributed by atoms with Crippen LogP contribution in [0.25, 0.3) is 0 Å². The molecule has 1 saturated heterocycles. The lowest BCUT2D eigenvalue weighted by Gasteiger charge is -2.46. The lowest BCUT2D eigenvalue weighted by molar-refractivity contribution is -0.136. The number of likely N-dealkylation sites (tertiary alicyclic amines) is 1. The zero-order valence-electron chi connectivity index (χ0n) is 11.0. The van der Waals surface area contributed by atoms with Crippen LogP contribution in [-0.2, 0) is 11.8 Å². The largest absolute Gasteiger partial charge is 0.336 e. The van der Waals surface area contributed by atoms with Crippen molar-refractivity contribution in [2.75, 3.05) is 13.1 Å². The highest BCUT2D eigenvalue weighted by molar-refractivity contribution is 5.84. The van der Waals surface area contributed by atoms with Gasteiger partial charge in [0.15, 0.2) is 0 Å². The molecule has 2 heterocycles. The molecule has 1 saturated carbocycles. The first kappa shape index (κ1) is 11.7. The number of rotatable bonds is 2. The molecule has 0 radical (unpaired) electrons.